The minimum absolute atomic E-state index is 0.585. The molecule has 5 nitrogen and oxygen atoms in total. The first kappa shape index (κ1) is 31.9. The fourth-order valence-electron chi connectivity index (χ4n) is 8.35. The zero-order valence-electron chi connectivity index (χ0n) is 30.4. The molecule has 0 aliphatic rings. The first-order chi connectivity index (χ1) is 28.2. The predicted octanol–water partition coefficient (Wildman–Crippen LogP) is 13.9. The van der Waals surface area contributed by atoms with E-state index in [9.17, 15) is 0 Å². The lowest BCUT2D eigenvalue weighted by atomic mass is 9.98. The topological polar surface area (TPSA) is 56.7 Å². The van der Waals surface area contributed by atoms with Gasteiger partial charge in [0.25, 0.3) is 0 Å². The van der Waals surface area contributed by atoms with Gasteiger partial charge in [-0.2, -0.15) is 9.97 Å². The maximum Gasteiger partial charge on any atom is 0.238 e. The van der Waals surface area contributed by atoms with Crippen LogP contribution in [0.25, 0.3) is 115 Å². The van der Waals surface area contributed by atoms with E-state index < -0.39 is 0 Å². The molecule has 4 aromatic heterocycles. The Morgan fingerprint density at radius 3 is 1.88 bits per heavy atom. The number of para-hydroxylation sites is 2. The molecule has 4 heterocycles. The normalized spacial score (nSPS) is 11.9. The molecule has 0 atom stereocenters. The molecule has 0 aliphatic carbocycles. The Balaban J connectivity index is 0.990. The molecule has 0 amide bonds. The highest BCUT2D eigenvalue weighted by Gasteiger charge is 2.20. The van der Waals surface area contributed by atoms with Crippen LogP contribution in [0.3, 0.4) is 0 Å². The summed E-state index contributed by atoms with van der Waals surface area (Å²) in [6.07, 6.45) is 0. The maximum atomic E-state index is 6.19. The van der Waals surface area contributed by atoms with Gasteiger partial charge in [0.05, 0.1) is 11.0 Å². The minimum Gasteiger partial charge on any atom is -0.456 e. The standard InChI is InChI=1S/C51H30N4OS/c1-2-11-33(12-3-1)49-52-50(41-17-10-16-40-39-15-6-9-20-47(39)57-48(40)41)54-51(53-49)55-43-18-7-4-13-36(43)42-29-34(26-28-44(42)55)31-21-23-32(24-22-31)35-25-27-38-37-14-5-8-19-45(37)56-46(38)30-35/h1-30H. The van der Waals surface area contributed by atoms with Gasteiger partial charge in [-0.1, -0.05) is 133 Å². The highest BCUT2D eigenvalue weighted by Crippen LogP contribution is 2.41. The third-order valence-electron chi connectivity index (χ3n) is 11.1. The van der Waals surface area contributed by atoms with Gasteiger partial charge in [0.15, 0.2) is 11.6 Å². The number of hydrogen-bond donors (Lipinski definition) is 0. The average molecular weight is 747 g/mol. The molecule has 0 saturated heterocycles. The highest BCUT2D eigenvalue weighted by molar-refractivity contribution is 7.26. The Kier molecular flexibility index (Phi) is 7.03. The van der Waals surface area contributed by atoms with E-state index >= 15 is 0 Å². The molecule has 0 fully saturated rings. The highest BCUT2D eigenvalue weighted by atomic mass is 32.1. The van der Waals surface area contributed by atoms with Crippen molar-refractivity contribution in [3.63, 3.8) is 0 Å². The predicted molar refractivity (Wildman–Crippen MR) is 236 cm³/mol. The summed E-state index contributed by atoms with van der Waals surface area (Å²) in [5, 5.41) is 7.01. The number of hydrogen-bond acceptors (Lipinski definition) is 5. The number of nitrogens with zero attached hydrogens (tertiary/aromatic N) is 4. The van der Waals surface area contributed by atoms with Gasteiger partial charge < -0.3 is 4.42 Å². The van der Waals surface area contributed by atoms with Gasteiger partial charge in [-0.3, -0.25) is 4.57 Å². The lowest BCUT2D eigenvalue weighted by Crippen LogP contribution is -2.06. The first-order valence-corrected chi connectivity index (χ1v) is 19.8. The van der Waals surface area contributed by atoms with Crippen molar-refractivity contribution in [1.29, 1.82) is 0 Å². The molecule has 0 N–H and O–H groups in total. The van der Waals surface area contributed by atoms with Gasteiger partial charge in [0, 0.05) is 52.8 Å². The Hall–Kier alpha value is -7.41. The zero-order chi connectivity index (χ0) is 37.5. The second kappa shape index (κ2) is 12.6. The van der Waals surface area contributed by atoms with Gasteiger partial charge in [-0.25, -0.2) is 4.98 Å². The van der Waals surface area contributed by atoms with Crippen LogP contribution in [0.5, 0.6) is 0 Å². The van der Waals surface area contributed by atoms with Crippen molar-refractivity contribution in [2.24, 2.45) is 0 Å². The number of benzene rings is 8. The second-order valence-electron chi connectivity index (χ2n) is 14.4. The Morgan fingerprint density at radius 2 is 1.02 bits per heavy atom. The van der Waals surface area contributed by atoms with Crippen molar-refractivity contribution in [3.05, 3.63) is 182 Å². The van der Waals surface area contributed by atoms with Crippen LogP contribution in [0.4, 0.5) is 0 Å². The third-order valence-corrected chi connectivity index (χ3v) is 12.3. The molecule has 0 spiro atoms. The van der Waals surface area contributed by atoms with Gasteiger partial charge in [0.1, 0.15) is 11.2 Å². The second-order valence-corrected chi connectivity index (χ2v) is 15.5. The smallest absolute Gasteiger partial charge is 0.238 e. The van der Waals surface area contributed by atoms with Gasteiger partial charge in [0.2, 0.25) is 5.95 Å². The third kappa shape index (κ3) is 5.12. The van der Waals surface area contributed by atoms with Crippen LogP contribution in [0.2, 0.25) is 0 Å². The van der Waals surface area contributed by atoms with Crippen molar-refractivity contribution >= 4 is 75.3 Å². The Bertz CT molecular complexity index is 3520. The molecule has 6 heteroatoms. The van der Waals surface area contributed by atoms with Crippen LogP contribution in [0, 0.1) is 0 Å². The Morgan fingerprint density at radius 1 is 0.386 bits per heavy atom. The lowest BCUT2D eigenvalue weighted by molar-refractivity contribution is 0.669. The van der Waals surface area contributed by atoms with Crippen molar-refractivity contribution in [2.75, 3.05) is 0 Å². The number of aromatic nitrogens is 4. The van der Waals surface area contributed by atoms with Gasteiger partial charge in [-0.15, -0.1) is 11.3 Å². The van der Waals surface area contributed by atoms with Crippen LogP contribution >= 0.6 is 11.3 Å². The van der Waals surface area contributed by atoms with E-state index in [4.69, 9.17) is 19.4 Å². The molecule has 12 aromatic rings. The number of fused-ring (bicyclic) bond motifs is 9. The molecule has 8 aromatic carbocycles. The Labute approximate surface area is 330 Å². The summed E-state index contributed by atoms with van der Waals surface area (Å²) in [5.74, 6) is 1.87. The molecule has 266 valence electrons. The van der Waals surface area contributed by atoms with Gasteiger partial charge >= 0.3 is 0 Å². The van der Waals surface area contributed by atoms with E-state index in [1.54, 1.807) is 11.3 Å². The van der Waals surface area contributed by atoms with Crippen molar-refractivity contribution in [3.8, 4) is 51.0 Å². The molecule has 0 saturated carbocycles. The summed E-state index contributed by atoms with van der Waals surface area (Å²) in [6, 6.07) is 63.9. The molecule has 0 bridgehead atoms. The fraction of sp³-hybridized carbons (Fsp3) is 0. The zero-order valence-corrected chi connectivity index (χ0v) is 31.2. The summed E-state index contributed by atoms with van der Waals surface area (Å²) in [7, 11) is 0. The van der Waals surface area contributed by atoms with Crippen LogP contribution in [0.15, 0.2) is 186 Å². The van der Waals surface area contributed by atoms with Gasteiger partial charge in [-0.05, 0) is 70.8 Å². The largest absolute Gasteiger partial charge is 0.456 e. The number of rotatable bonds is 5. The summed E-state index contributed by atoms with van der Waals surface area (Å²) in [6.45, 7) is 0. The number of thiophene rings is 1. The average Bonchev–Trinajstić information content (AvgIpc) is 3.96. The summed E-state index contributed by atoms with van der Waals surface area (Å²) >= 11 is 1.78. The molecule has 57 heavy (non-hydrogen) atoms. The molecule has 12 rings (SSSR count). The SMILES string of the molecule is c1ccc(-c2nc(-c3cccc4c3sc3ccccc34)nc(-n3c4ccccc4c4cc(-c5ccc(-c6ccc7c(c6)oc6ccccc67)cc5)ccc43)n2)cc1. The van der Waals surface area contributed by atoms with Crippen molar-refractivity contribution in [1.82, 2.24) is 19.5 Å². The monoisotopic (exact) mass is 746 g/mol. The minimum atomic E-state index is 0.585. The van der Waals surface area contributed by atoms with E-state index in [1.807, 2.05) is 30.3 Å². The molecular weight excluding hydrogens is 717 g/mol. The van der Waals surface area contributed by atoms with Crippen LogP contribution in [-0.2, 0) is 0 Å². The molecule has 0 radical (unpaired) electrons. The lowest BCUT2D eigenvalue weighted by Gasteiger charge is -2.11. The quantitative estimate of drug-likeness (QED) is 0.176. The van der Waals surface area contributed by atoms with E-state index in [0.29, 0.717) is 17.6 Å². The summed E-state index contributed by atoms with van der Waals surface area (Å²) in [4.78, 5) is 15.6. The van der Waals surface area contributed by atoms with Crippen LogP contribution in [0.1, 0.15) is 0 Å². The maximum absolute atomic E-state index is 6.19. The van der Waals surface area contributed by atoms with E-state index in [-0.39, 0.29) is 0 Å². The summed E-state index contributed by atoms with van der Waals surface area (Å²) < 4.78 is 10.8. The molecule has 0 unspecified atom stereocenters. The first-order valence-electron chi connectivity index (χ1n) is 19.0. The van der Waals surface area contributed by atoms with Crippen molar-refractivity contribution in [2.45, 2.75) is 0 Å². The van der Waals surface area contributed by atoms with Crippen LogP contribution in [-0.4, -0.2) is 19.5 Å². The fourth-order valence-corrected chi connectivity index (χ4v) is 9.57. The van der Waals surface area contributed by atoms with E-state index in [1.165, 1.54) is 20.2 Å². The van der Waals surface area contributed by atoms with E-state index in [0.717, 1.165) is 77.1 Å². The van der Waals surface area contributed by atoms with Crippen LogP contribution < -0.4 is 0 Å². The summed E-state index contributed by atoms with van der Waals surface area (Å²) in [5.41, 5.74) is 10.4. The van der Waals surface area contributed by atoms with E-state index in [2.05, 4.69) is 156 Å². The molecular formula is C51H30N4OS. The van der Waals surface area contributed by atoms with Crippen molar-refractivity contribution < 1.29 is 4.42 Å². The number of furan rings is 1. The molecule has 0 aliphatic heterocycles.